The number of likely N-dealkylation sites (N-methyl/N-ethyl adjacent to an activating group) is 1. The van der Waals surface area contributed by atoms with Crippen LogP contribution in [-0.4, -0.2) is 53.5 Å². The monoisotopic (exact) mass is 622 g/mol. The normalized spacial score (nSPS) is 12.5. The number of carbonyl (C=O) groups is 1. The molecule has 1 amide bonds. The Morgan fingerprint density at radius 3 is 2.26 bits per heavy atom. The molecule has 0 bridgehead atoms. The van der Waals surface area contributed by atoms with Crippen molar-refractivity contribution < 1.29 is 34.8 Å². The van der Waals surface area contributed by atoms with E-state index in [1.807, 2.05) is 12.1 Å². The molecular formula is C30H33F3N2O5S2. The van der Waals surface area contributed by atoms with Crippen LogP contribution in [0.15, 0.2) is 88.7 Å². The maximum absolute atomic E-state index is 13.6. The smallest absolute Gasteiger partial charge is 0.340 e. The summed E-state index contributed by atoms with van der Waals surface area (Å²) < 4.78 is 94.1. The second-order valence-corrected chi connectivity index (χ2v) is 13.4. The van der Waals surface area contributed by atoms with E-state index < -0.39 is 42.9 Å². The van der Waals surface area contributed by atoms with Crippen LogP contribution in [0.25, 0.3) is 6.08 Å². The van der Waals surface area contributed by atoms with Gasteiger partial charge in [0.15, 0.2) is 0 Å². The van der Waals surface area contributed by atoms with Crippen LogP contribution in [0.2, 0.25) is 0 Å². The number of halogens is 3. The molecule has 7 nitrogen and oxygen atoms in total. The molecule has 0 aliphatic rings. The number of nitrogens with one attached hydrogen (secondary N) is 1. The first-order chi connectivity index (χ1) is 19.8. The van der Waals surface area contributed by atoms with Gasteiger partial charge in [0, 0.05) is 25.7 Å². The highest BCUT2D eigenvalue weighted by Gasteiger charge is 2.33. The Labute approximate surface area is 245 Å². The molecule has 3 aromatic rings. The third kappa shape index (κ3) is 8.76. The van der Waals surface area contributed by atoms with E-state index >= 15 is 0 Å². The lowest BCUT2D eigenvalue weighted by atomic mass is 10.0. The number of carbonyl (C=O) groups excluding carboxylic acids is 1. The highest BCUT2D eigenvalue weighted by molar-refractivity contribution is 7.91. The van der Waals surface area contributed by atoms with E-state index in [-0.39, 0.29) is 28.8 Å². The van der Waals surface area contributed by atoms with E-state index in [0.717, 1.165) is 49.1 Å². The van der Waals surface area contributed by atoms with Crippen LogP contribution in [0.1, 0.15) is 46.8 Å². The number of benzene rings is 3. The molecule has 0 fully saturated rings. The predicted molar refractivity (Wildman–Crippen MR) is 156 cm³/mol. The SMILES string of the molecule is CCCCc1ccccc1C(=O)N(C)CCNS(=O)(=O)CC=Cc1cc(S(=O)(=O)c2ccccc2)ccc1C(F)(F)F. The molecule has 42 heavy (non-hydrogen) atoms. The number of unbranched alkanes of at least 4 members (excludes halogenated alkanes) is 1. The third-order valence-corrected chi connectivity index (χ3v) is 9.51. The van der Waals surface area contributed by atoms with Crippen molar-refractivity contribution in [2.24, 2.45) is 0 Å². The van der Waals surface area contributed by atoms with Gasteiger partial charge in [-0.3, -0.25) is 4.79 Å². The zero-order chi connectivity index (χ0) is 31.0. The molecule has 0 heterocycles. The van der Waals surface area contributed by atoms with Gasteiger partial charge in [0.1, 0.15) is 0 Å². The number of nitrogens with zero attached hydrogens (tertiary/aromatic N) is 1. The molecule has 0 aromatic heterocycles. The van der Waals surface area contributed by atoms with Gasteiger partial charge in [-0.2, -0.15) is 13.2 Å². The summed E-state index contributed by atoms with van der Waals surface area (Å²) in [4.78, 5) is 13.9. The van der Waals surface area contributed by atoms with Gasteiger partial charge >= 0.3 is 6.18 Å². The Balaban J connectivity index is 1.68. The summed E-state index contributed by atoms with van der Waals surface area (Å²) in [7, 11) is -6.50. The Morgan fingerprint density at radius 1 is 0.929 bits per heavy atom. The van der Waals surface area contributed by atoms with Gasteiger partial charge in [0.25, 0.3) is 5.91 Å². The minimum atomic E-state index is -4.79. The molecule has 0 aliphatic heterocycles. The van der Waals surface area contributed by atoms with Crippen LogP contribution >= 0.6 is 0 Å². The van der Waals surface area contributed by atoms with Crippen molar-refractivity contribution in [1.82, 2.24) is 9.62 Å². The van der Waals surface area contributed by atoms with Crippen LogP contribution in [0.4, 0.5) is 13.2 Å². The summed E-state index contributed by atoms with van der Waals surface area (Å²) in [6, 6.07) is 16.9. The molecule has 3 rings (SSSR count). The predicted octanol–water partition coefficient (Wildman–Crippen LogP) is 5.59. The maximum Gasteiger partial charge on any atom is 0.416 e. The number of hydrogen-bond donors (Lipinski definition) is 1. The Bertz CT molecular complexity index is 1620. The van der Waals surface area contributed by atoms with E-state index in [4.69, 9.17) is 0 Å². The van der Waals surface area contributed by atoms with E-state index in [9.17, 15) is 34.8 Å². The summed E-state index contributed by atoms with van der Waals surface area (Å²) in [5.41, 5.74) is -0.116. The van der Waals surface area contributed by atoms with Gasteiger partial charge in [0.05, 0.1) is 21.1 Å². The van der Waals surface area contributed by atoms with Crippen molar-refractivity contribution >= 4 is 31.8 Å². The molecule has 226 valence electrons. The average Bonchev–Trinajstić information content (AvgIpc) is 2.95. The molecule has 0 aliphatic carbocycles. The summed E-state index contributed by atoms with van der Waals surface area (Å²) >= 11 is 0. The van der Waals surface area contributed by atoms with Crippen molar-refractivity contribution in [2.75, 3.05) is 25.9 Å². The van der Waals surface area contributed by atoms with Gasteiger partial charge in [-0.1, -0.05) is 61.9 Å². The molecular weight excluding hydrogens is 589 g/mol. The van der Waals surface area contributed by atoms with Gasteiger partial charge in [-0.05, 0) is 60.4 Å². The number of aryl methyl sites for hydroxylation is 1. The van der Waals surface area contributed by atoms with Crippen molar-refractivity contribution in [3.05, 3.63) is 101 Å². The second-order valence-electron chi connectivity index (χ2n) is 9.63. The first-order valence-corrected chi connectivity index (χ1v) is 16.4. The van der Waals surface area contributed by atoms with Crippen LogP contribution in [0.3, 0.4) is 0 Å². The largest absolute Gasteiger partial charge is 0.416 e. The van der Waals surface area contributed by atoms with Crippen molar-refractivity contribution in [3.63, 3.8) is 0 Å². The Morgan fingerprint density at radius 2 is 1.60 bits per heavy atom. The minimum Gasteiger partial charge on any atom is -0.340 e. The average molecular weight is 623 g/mol. The number of hydrogen-bond acceptors (Lipinski definition) is 5. The number of amides is 1. The van der Waals surface area contributed by atoms with Crippen LogP contribution in [0.5, 0.6) is 0 Å². The van der Waals surface area contributed by atoms with Crippen LogP contribution in [0, 0.1) is 0 Å². The summed E-state index contributed by atoms with van der Waals surface area (Å²) in [6.07, 6.45) is -0.177. The Hall–Kier alpha value is -3.48. The topological polar surface area (TPSA) is 101 Å². The minimum absolute atomic E-state index is 0.0709. The lowest BCUT2D eigenvalue weighted by Gasteiger charge is -2.19. The van der Waals surface area contributed by atoms with Gasteiger partial charge < -0.3 is 4.90 Å². The second kappa shape index (κ2) is 14.1. The van der Waals surface area contributed by atoms with E-state index in [2.05, 4.69) is 11.6 Å². The fraction of sp³-hybridized carbons (Fsp3) is 0.300. The lowest BCUT2D eigenvalue weighted by molar-refractivity contribution is -0.137. The van der Waals surface area contributed by atoms with Gasteiger partial charge in [-0.15, -0.1) is 0 Å². The molecule has 0 saturated heterocycles. The van der Waals surface area contributed by atoms with E-state index in [1.54, 1.807) is 25.2 Å². The standard InChI is InChI=1S/C30H33F3N2O5S2/c1-3-4-11-23-12-8-9-16-27(23)29(36)35(2)20-19-34-41(37,38)21-10-13-24-22-26(17-18-28(24)30(31,32)33)42(39,40)25-14-6-5-7-15-25/h5-10,12-18,22,34H,3-4,11,19-21H2,1-2H3. The summed E-state index contributed by atoms with van der Waals surface area (Å²) in [6.45, 7) is 2.02. The molecule has 3 aromatic carbocycles. The van der Waals surface area contributed by atoms with Crippen molar-refractivity contribution in [2.45, 2.75) is 42.2 Å². The first-order valence-electron chi connectivity index (χ1n) is 13.2. The zero-order valence-corrected chi connectivity index (χ0v) is 24.9. The molecule has 0 unspecified atom stereocenters. The van der Waals surface area contributed by atoms with E-state index in [1.165, 1.54) is 29.2 Å². The molecule has 0 saturated carbocycles. The van der Waals surface area contributed by atoms with E-state index in [0.29, 0.717) is 11.6 Å². The number of alkyl halides is 3. The van der Waals surface area contributed by atoms with Crippen molar-refractivity contribution in [1.29, 1.82) is 0 Å². The summed E-state index contributed by atoms with van der Waals surface area (Å²) in [5.74, 6) is -0.900. The van der Waals surface area contributed by atoms with Crippen LogP contribution in [-0.2, 0) is 32.5 Å². The summed E-state index contributed by atoms with van der Waals surface area (Å²) in [5, 5.41) is 0. The Kier molecular flexibility index (Phi) is 11.1. The fourth-order valence-corrected chi connectivity index (χ4v) is 6.38. The third-order valence-electron chi connectivity index (χ3n) is 6.47. The molecule has 0 atom stereocenters. The fourth-order valence-electron chi connectivity index (χ4n) is 4.19. The molecule has 12 heteroatoms. The number of sulfonamides is 1. The van der Waals surface area contributed by atoms with Gasteiger partial charge in [-0.25, -0.2) is 21.6 Å². The highest BCUT2D eigenvalue weighted by atomic mass is 32.2. The van der Waals surface area contributed by atoms with Crippen molar-refractivity contribution in [3.8, 4) is 0 Å². The number of rotatable bonds is 13. The number of sulfone groups is 1. The lowest BCUT2D eigenvalue weighted by Crippen LogP contribution is -2.37. The highest BCUT2D eigenvalue weighted by Crippen LogP contribution is 2.35. The molecule has 1 N–H and O–H groups in total. The molecule has 0 radical (unpaired) electrons. The van der Waals surface area contributed by atoms with Crippen LogP contribution < -0.4 is 4.72 Å². The molecule has 0 spiro atoms. The zero-order valence-electron chi connectivity index (χ0n) is 23.3. The van der Waals surface area contributed by atoms with Gasteiger partial charge in [0.2, 0.25) is 19.9 Å². The maximum atomic E-state index is 13.6. The quantitative estimate of drug-likeness (QED) is 0.268. The first kappa shape index (κ1) is 33.0.